The van der Waals surface area contributed by atoms with Crippen molar-refractivity contribution in [2.24, 2.45) is 0 Å². The Hall–Kier alpha value is -0.157. The third-order valence-corrected chi connectivity index (χ3v) is 2.96. The Morgan fingerprint density at radius 3 is 1.53 bits per heavy atom. The minimum Gasteiger partial charge on any atom is -0.343 e. The van der Waals surface area contributed by atoms with Crippen molar-refractivity contribution in [1.29, 1.82) is 0 Å². The van der Waals surface area contributed by atoms with E-state index in [1.54, 1.807) is 0 Å². The molecule has 0 amide bonds. The van der Waals surface area contributed by atoms with Gasteiger partial charge < -0.3 is 6.92 Å². The van der Waals surface area contributed by atoms with Gasteiger partial charge in [0.25, 0.3) is 0 Å². The molecule has 19 heavy (non-hydrogen) atoms. The molecular weight excluding hydrogens is 282 g/mol. The summed E-state index contributed by atoms with van der Waals surface area (Å²) in [5.41, 5.74) is 0. The van der Waals surface area contributed by atoms with Crippen molar-refractivity contribution in [3.05, 3.63) is 43.3 Å². The molecule has 0 N–H and O–H groups in total. The van der Waals surface area contributed by atoms with E-state index in [0.717, 1.165) is 6.42 Å². The van der Waals surface area contributed by atoms with Crippen LogP contribution in [-0.4, -0.2) is 0 Å². The van der Waals surface area contributed by atoms with Gasteiger partial charge in [0.2, 0.25) is 0 Å². The Balaban J connectivity index is 0. The molecule has 0 heterocycles. The van der Waals surface area contributed by atoms with Gasteiger partial charge in [-0.25, -0.2) is 0 Å². The van der Waals surface area contributed by atoms with Gasteiger partial charge in [-0.2, -0.15) is 42.8 Å². The Kier molecular flexibility index (Phi) is 22.4. The first-order chi connectivity index (χ1) is 8.91. The van der Waals surface area contributed by atoms with Gasteiger partial charge in [0.15, 0.2) is 0 Å². The molecule has 0 aliphatic heterocycles. The fraction of sp³-hybridized carbons (Fsp3) is 0.611. The molecule has 0 aromatic heterocycles. The zero-order valence-electron chi connectivity index (χ0n) is 12.9. The van der Waals surface area contributed by atoms with E-state index in [1.807, 2.05) is 30.3 Å². The van der Waals surface area contributed by atoms with Gasteiger partial charge in [0, 0.05) is 0 Å². The summed E-state index contributed by atoms with van der Waals surface area (Å²) < 4.78 is 0. The van der Waals surface area contributed by atoms with E-state index in [-0.39, 0.29) is 19.5 Å². The predicted molar refractivity (Wildman–Crippen MR) is 82.5 cm³/mol. The normalized spacial score (nSPS) is 9.16. The first-order valence-corrected chi connectivity index (χ1v) is 7.62. The molecule has 104 valence electrons. The molecule has 0 atom stereocenters. The van der Waals surface area contributed by atoms with Gasteiger partial charge in [0.1, 0.15) is 0 Å². The number of hydrogen-bond donors (Lipinski definition) is 0. The fourth-order valence-corrected chi connectivity index (χ4v) is 1.83. The summed E-state index contributed by atoms with van der Waals surface area (Å²) in [6.07, 6.45) is 13.9. The molecule has 0 aliphatic carbocycles. The van der Waals surface area contributed by atoms with Gasteiger partial charge in [-0.15, -0.1) is 0 Å². The molecule has 0 unspecified atom stereocenters. The Bertz CT molecular complexity index is 184. The molecule has 0 saturated carbocycles. The summed E-state index contributed by atoms with van der Waals surface area (Å²) in [4.78, 5) is 0. The average molecular weight is 312 g/mol. The van der Waals surface area contributed by atoms with E-state index in [1.165, 1.54) is 57.8 Å². The summed E-state index contributed by atoms with van der Waals surface area (Å²) in [5, 5.41) is 0. The molecule has 1 heteroatoms. The SMILES string of the molecule is [CH2-]CCCCCCCCCCC.[Zn+2].[c-]1ccccc1. The van der Waals surface area contributed by atoms with Crippen molar-refractivity contribution in [2.45, 2.75) is 71.1 Å². The van der Waals surface area contributed by atoms with Crippen LogP contribution in [0.25, 0.3) is 0 Å². The summed E-state index contributed by atoms with van der Waals surface area (Å²) in [6, 6.07) is 12.5. The van der Waals surface area contributed by atoms with Crippen LogP contribution in [0, 0.1) is 13.0 Å². The summed E-state index contributed by atoms with van der Waals surface area (Å²) in [7, 11) is 0. The second-order valence-corrected chi connectivity index (χ2v) is 4.76. The van der Waals surface area contributed by atoms with Gasteiger partial charge in [0.05, 0.1) is 0 Å². The van der Waals surface area contributed by atoms with E-state index >= 15 is 0 Å². The van der Waals surface area contributed by atoms with Crippen LogP contribution in [0.5, 0.6) is 0 Å². The van der Waals surface area contributed by atoms with Crippen LogP contribution in [0.1, 0.15) is 71.1 Å². The second kappa shape index (κ2) is 20.2. The fourth-order valence-electron chi connectivity index (χ4n) is 1.83. The summed E-state index contributed by atoms with van der Waals surface area (Å²) in [6.45, 7) is 6.12. The Morgan fingerprint density at radius 1 is 0.737 bits per heavy atom. The predicted octanol–water partition coefficient (Wildman–Crippen LogP) is 6.23. The first-order valence-electron chi connectivity index (χ1n) is 7.62. The molecule has 1 rings (SSSR count). The van der Waals surface area contributed by atoms with Crippen molar-refractivity contribution in [1.82, 2.24) is 0 Å². The Morgan fingerprint density at radius 2 is 1.21 bits per heavy atom. The van der Waals surface area contributed by atoms with Crippen molar-refractivity contribution >= 4 is 0 Å². The molecule has 0 fully saturated rings. The van der Waals surface area contributed by atoms with E-state index in [2.05, 4.69) is 19.9 Å². The first kappa shape index (κ1) is 21.1. The number of rotatable bonds is 9. The second-order valence-electron chi connectivity index (χ2n) is 4.76. The van der Waals surface area contributed by atoms with Crippen LogP contribution in [0.4, 0.5) is 0 Å². The van der Waals surface area contributed by atoms with Crippen molar-refractivity contribution < 1.29 is 19.5 Å². The van der Waals surface area contributed by atoms with Crippen LogP contribution < -0.4 is 0 Å². The van der Waals surface area contributed by atoms with Gasteiger partial charge in [-0.05, 0) is 0 Å². The standard InChI is InChI=1S/C12H25.C6H5.Zn/c1-3-5-7-9-11-12-10-8-6-4-2;1-2-4-6-5-3-1;/h1,3-12H2,2H3;1-5H;/q2*-1;+2. The molecule has 0 saturated heterocycles. The summed E-state index contributed by atoms with van der Waals surface area (Å²) >= 11 is 0. The van der Waals surface area contributed by atoms with Gasteiger partial charge in [-0.1, -0.05) is 64.7 Å². The van der Waals surface area contributed by atoms with Crippen LogP contribution in [0.2, 0.25) is 0 Å². The van der Waals surface area contributed by atoms with Crippen molar-refractivity contribution in [3.8, 4) is 0 Å². The van der Waals surface area contributed by atoms with Gasteiger partial charge in [-0.3, -0.25) is 0 Å². The van der Waals surface area contributed by atoms with Crippen LogP contribution in [0.3, 0.4) is 0 Å². The van der Waals surface area contributed by atoms with E-state index < -0.39 is 0 Å². The Labute approximate surface area is 134 Å². The number of benzene rings is 1. The maximum atomic E-state index is 3.84. The molecule has 0 aliphatic rings. The van der Waals surface area contributed by atoms with Crippen LogP contribution in [0.15, 0.2) is 30.3 Å². The zero-order valence-corrected chi connectivity index (χ0v) is 15.8. The monoisotopic (exact) mass is 310 g/mol. The third kappa shape index (κ3) is 20.3. The third-order valence-electron chi connectivity index (χ3n) is 2.96. The smallest absolute Gasteiger partial charge is 0.343 e. The number of unbranched alkanes of at least 4 members (excludes halogenated alkanes) is 9. The largest absolute Gasteiger partial charge is 2.00 e. The minimum absolute atomic E-state index is 0. The molecule has 1 aromatic rings. The van der Waals surface area contributed by atoms with Crippen molar-refractivity contribution in [2.75, 3.05) is 0 Å². The van der Waals surface area contributed by atoms with E-state index in [4.69, 9.17) is 0 Å². The zero-order chi connectivity index (χ0) is 13.3. The molecule has 0 spiro atoms. The topological polar surface area (TPSA) is 0 Å². The molecule has 1 aromatic carbocycles. The molecule has 0 nitrogen and oxygen atoms in total. The van der Waals surface area contributed by atoms with Crippen LogP contribution >= 0.6 is 0 Å². The van der Waals surface area contributed by atoms with E-state index in [9.17, 15) is 0 Å². The maximum Gasteiger partial charge on any atom is 2.00 e. The summed E-state index contributed by atoms with van der Waals surface area (Å²) in [5.74, 6) is 0. The average Bonchev–Trinajstić information content (AvgIpc) is 2.44. The maximum absolute atomic E-state index is 3.84. The quantitative estimate of drug-likeness (QED) is 0.288. The number of hydrogen-bond acceptors (Lipinski definition) is 0. The molecule has 0 bridgehead atoms. The van der Waals surface area contributed by atoms with Gasteiger partial charge >= 0.3 is 19.5 Å². The van der Waals surface area contributed by atoms with Crippen LogP contribution in [-0.2, 0) is 19.5 Å². The molecule has 0 radical (unpaired) electrons. The molecular formula is C18H30Zn. The van der Waals surface area contributed by atoms with E-state index in [0.29, 0.717) is 0 Å². The van der Waals surface area contributed by atoms with Crippen molar-refractivity contribution in [3.63, 3.8) is 0 Å². The minimum atomic E-state index is 0.